The molecule has 5 heteroatoms. The summed E-state index contributed by atoms with van der Waals surface area (Å²) in [6, 6.07) is 15.5. The fourth-order valence-corrected chi connectivity index (χ4v) is 3.94. The number of hydrogen-bond donors (Lipinski definition) is 0. The van der Waals surface area contributed by atoms with Crippen LogP contribution >= 0.6 is 0 Å². The average molecular weight is 374 g/mol. The molecule has 1 fully saturated rings. The number of para-hydroxylation sites is 1. The maximum Gasteiger partial charge on any atom is 0.254 e. The fourth-order valence-electron chi connectivity index (χ4n) is 3.94. The number of carbonyl (C=O) groups is 1. The summed E-state index contributed by atoms with van der Waals surface area (Å²) in [5.41, 5.74) is 3.22. The number of carbonyl (C=O) groups excluding carboxylic acids is 1. The van der Waals surface area contributed by atoms with Crippen molar-refractivity contribution in [2.24, 2.45) is 5.92 Å². The molecule has 5 nitrogen and oxygen atoms in total. The smallest absolute Gasteiger partial charge is 0.254 e. The van der Waals surface area contributed by atoms with Crippen LogP contribution in [0.25, 0.3) is 22.2 Å². The van der Waals surface area contributed by atoms with Crippen LogP contribution in [0.3, 0.4) is 0 Å². The van der Waals surface area contributed by atoms with Gasteiger partial charge in [0.25, 0.3) is 5.91 Å². The summed E-state index contributed by atoms with van der Waals surface area (Å²) >= 11 is 0. The molecule has 3 heterocycles. The van der Waals surface area contributed by atoms with Gasteiger partial charge in [0.15, 0.2) is 11.5 Å². The van der Waals surface area contributed by atoms with Crippen LogP contribution in [0.4, 0.5) is 0 Å². The van der Waals surface area contributed by atoms with Crippen LogP contribution in [0.15, 0.2) is 48.5 Å². The van der Waals surface area contributed by atoms with Crippen molar-refractivity contribution in [1.29, 1.82) is 0 Å². The van der Waals surface area contributed by atoms with Gasteiger partial charge in [-0.2, -0.15) is 0 Å². The molecule has 0 spiro atoms. The maximum absolute atomic E-state index is 13.3. The third-order valence-electron chi connectivity index (χ3n) is 5.69. The number of hydrogen-bond acceptors (Lipinski definition) is 4. The molecule has 0 radical (unpaired) electrons. The first-order valence-electron chi connectivity index (χ1n) is 9.78. The largest absolute Gasteiger partial charge is 0.454 e. The van der Waals surface area contributed by atoms with Gasteiger partial charge in [0.05, 0.1) is 16.8 Å². The molecule has 1 saturated heterocycles. The van der Waals surface area contributed by atoms with E-state index in [4.69, 9.17) is 14.5 Å². The van der Waals surface area contributed by atoms with Crippen molar-refractivity contribution in [3.05, 3.63) is 54.1 Å². The summed E-state index contributed by atoms with van der Waals surface area (Å²) in [7, 11) is 0. The van der Waals surface area contributed by atoms with E-state index < -0.39 is 0 Å². The van der Waals surface area contributed by atoms with Gasteiger partial charge >= 0.3 is 0 Å². The van der Waals surface area contributed by atoms with E-state index in [1.807, 2.05) is 53.4 Å². The third kappa shape index (κ3) is 2.97. The molecule has 3 aromatic rings. The highest BCUT2D eigenvalue weighted by atomic mass is 16.7. The molecular weight excluding hydrogens is 352 g/mol. The zero-order chi connectivity index (χ0) is 19.1. The Hall–Kier alpha value is -3.08. The Balaban J connectivity index is 1.59. The van der Waals surface area contributed by atoms with E-state index in [1.165, 1.54) is 0 Å². The SMILES string of the molecule is CC1CCN(C(=O)c2cc(-c3ccc4c(c3)OCO4)nc3ccccc23)CC1. The average Bonchev–Trinajstić information content (AvgIpc) is 3.21. The van der Waals surface area contributed by atoms with Crippen LogP contribution in [0.5, 0.6) is 11.5 Å². The van der Waals surface area contributed by atoms with Gasteiger partial charge in [-0.15, -0.1) is 0 Å². The van der Waals surface area contributed by atoms with Gasteiger partial charge in [0.1, 0.15) is 0 Å². The van der Waals surface area contributed by atoms with E-state index in [9.17, 15) is 4.79 Å². The molecule has 0 saturated carbocycles. The quantitative estimate of drug-likeness (QED) is 0.663. The van der Waals surface area contributed by atoms with E-state index in [2.05, 4.69) is 6.92 Å². The minimum atomic E-state index is 0.0903. The first-order valence-corrected chi connectivity index (χ1v) is 9.78. The van der Waals surface area contributed by atoms with Gasteiger partial charge in [0, 0.05) is 24.0 Å². The topological polar surface area (TPSA) is 51.7 Å². The molecule has 0 atom stereocenters. The fraction of sp³-hybridized carbons (Fsp3) is 0.304. The standard InChI is InChI=1S/C23H22N2O3/c1-15-8-10-25(11-9-15)23(26)18-13-20(24-19-5-3-2-4-17(18)19)16-6-7-21-22(12-16)28-14-27-21/h2-7,12-13,15H,8-11,14H2,1H3. The van der Waals surface area contributed by atoms with Gasteiger partial charge in [-0.3, -0.25) is 4.79 Å². The second kappa shape index (κ2) is 6.82. The Morgan fingerprint density at radius 2 is 1.82 bits per heavy atom. The minimum Gasteiger partial charge on any atom is -0.454 e. The van der Waals surface area contributed by atoms with Crippen molar-refractivity contribution in [2.45, 2.75) is 19.8 Å². The molecule has 2 aliphatic heterocycles. The van der Waals surface area contributed by atoms with Crippen LogP contribution in [0.2, 0.25) is 0 Å². The lowest BCUT2D eigenvalue weighted by Crippen LogP contribution is -2.38. The second-order valence-corrected chi connectivity index (χ2v) is 7.61. The lowest BCUT2D eigenvalue weighted by molar-refractivity contribution is 0.0699. The zero-order valence-electron chi connectivity index (χ0n) is 15.9. The molecule has 1 amide bonds. The predicted molar refractivity (Wildman–Crippen MR) is 108 cm³/mol. The Morgan fingerprint density at radius 1 is 1.04 bits per heavy atom. The van der Waals surface area contributed by atoms with Crippen molar-refractivity contribution in [1.82, 2.24) is 9.88 Å². The molecule has 0 bridgehead atoms. The Kier molecular flexibility index (Phi) is 4.15. The van der Waals surface area contributed by atoms with Crippen molar-refractivity contribution in [3.63, 3.8) is 0 Å². The van der Waals surface area contributed by atoms with Crippen LogP contribution in [-0.2, 0) is 0 Å². The van der Waals surface area contributed by atoms with E-state index in [0.717, 1.165) is 53.8 Å². The maximum atomic E-state index is 13.3. The highest BCUT2D eigenvalue weighted by Gasteiger charge is 2.24. The molecule has 5 rings (SSSR count). The normalized spacial score (nSPS) is 16.5. The first-order chi connectivity index (χ1) is 13.7. The van der Waals surface area contributed by atoms with E-state index in [-0.39, 0.29) is 12.7 Å². The van der Waals surface area contributed by atoms with Crippen LogP contribution < -0.4 is 9.47 Å². The van der Waals surface area contributed by atoms with Crippen molar-refractivity contribution >= 4 is 16.8 Å². The van der Waals surface area contributed by atoms with Crippen molar-refractivity contribution in [2.75, 3.05) is 19.9 Å². The van der Waals surface area contributed by atoms with Crippen LogP contribution in [0, 0.1) is 5.92 Å². The highest BCUT2D eigenvalue weighted by molar-refractivity contribution is 6.07. The number of aromatic nitrogens is 1. The number of rotatable bonds is 2. The molecule has 0 N–H and O–H groups in total. The number of benzene rings is 2. The molecule has 1 aromatic heterocycles. The number of nitrogens with zero attached hydrogens (tertiary/aromatic N) is 2. The molecule has 28 heavy (non-hydrogen) atoms. The van der Waals surface area contributed by atoms with Crippen LogP contribution in [0.1, 0.15) is 30.1 Å². The number of pyridine rings is 1. The predicted octanol–water partition coefficient (Wildman–Crippen LogP) is 4.50. The number of amides is 1. The summed E-state index contributed by atoms with van der Waals surface area (Å²) in [4.78, 5) is 20.1. The summed E-state index contributed by atoms with van der Waals surface area (Å²) in [6.45, 7) is 4.12. The van der Waals surface area contributed by atoms with E-state index >= 15 is 0 Å². The minimum absolute atomic E-state index is 0.0903. The molecule has 2 aromatic carbocycles. The summed E-state index contributed by atoms with van der Waals surface area (Å²) in [6.07, 6.45) is 2.12. The molecule has 2 aliphatic rings. The van der Waals surface area contributed by atoms with Gasteiger partial charge in [-0.05, 0) is 49.1 Å². The van der Waals surface area contributed by atoms with Gasteiger partial charge < -0.3 is 14.4 Å². The van der Waals surface area contributed by atoms with Gasteiger partial charge in [-0.1, -0.05) is 25.1 Å². The molecule has 0 unspecified atom stereocenters. The summed E-state index contributed by atoms with van der Waals surface area (Å²) in [5.74, 6) is 2.23. The van der Waals surface area contributed by atoms with Crippen molar-refractivity contribution < 1.29 is 14.3 Å². The van der Waals surface area contributed by atoms with Crippen molar-refractivity contribution in [3.8, 4) is 22.8 Å². The molecule has 142 valence electrons. The lowest BCUT2D eigenvalue weighted by Gasteiger charge is -2.30. The van der Waals surface area contributed by atoms with E-state index in [0.29, 0.717) is 17.2 Å². The van der Waals surface area contributed by atoms with E-state index in [1.54, 1.807) is 0 Å². The highest BCUT2D eigenvalue weighted by Crippen LogP contribution is 2.36. The summed E-state index contributed by atoms with van der Waals surface area (Å²) in [5, 5.41) is 0.899. The van der Waals surface area contributed by atoms with Gasteiger partial charge in [0.2, 0.25) is 6.79 Å². The summed E-state index contributed by atoms with van der Waals surface area (Å²) < 4.78 is 10.9. The monoisotopic (exact) mass is 374 g/mol. The number of fused-ring (bicyclic) bond motifs is 2. The Labute approximate surface area is 163 Å². The Morgan fingerprint density at radius 3 is 2.68 bits per heavy atom. The second-order valence-electron chi connectivity index (χ2n) is 7.61. The number of piperidine rings is 1. The lowest BCUT2D eigenvalue weighted by atomic mass is 9.97. The third-order valence-corrected chi connectivity index (χ3v) is 5.69. The zero-order valence-corrected chi connectivity index (χ0v) is 15.9. The van der Waals surface area contributed by atoms with Crippen LogP contribution in [-0.4, -0.2) is 35.7 Å². The molecule has 0 aliphatic carbocycles. The first kappa shape index (κ1) is 17.0. The number of likely N-dealkylation sites (tertiary alicyclic amines) is 1. The van der Waals surface area contributed by atoms with Gasteiger partial charge in [-0.25, -0.2) is 4.98 Å². The number of ether oxygens (including phenoxy) is 2. The molecular formula is C23H22N2O3. The Bertz CT molecular complexity index is 1050.